The van der Waals surface area contributed by atoms with Crippen LogP contribution in [0, 0.1) is 5.92 Å². The third-order valence-electron chi connectivity index (χ3n) is 2.97. The Morgan fingerprint density at radius 2 is 2.00 bits per heavy atom. The molecule has 1 aliphatic rings. The Labute approximate surface area is 113 Å². The summed E-state index contributed by atoms with van der Waals surface area (Å²) < 4.78 is 0. The third kappa shape index (κ3) is 2.53. The highest BCUT2D eigenvalue weighted by molar-refractivity contribution is 6.33. The highest BCUT2D eigenvalue weighted by Crippen LogP contribution is 2.29. The minimum absolute atomic E-state index is 0.0107. The number of benzene rings is 1. The monoisotopic (exact) mass is 283 g/mol. The molecular formula is C12H10ClNO5. The fraction of sp³-hybridized carbons (Fsp3) is 0.250. The van der Waals surface area contributed by atoms with E-state index in [4.69, 9.17) is 21.8 Å². The molecule has 0 aliphatic carbocycles. The van der Waals surface area contributed by atoms with Crippen molar-refractivity contribution >= 4 is 35.1 Å². The Morgan fingerprint density at radius 3 is 2.47 bits per heavy atom. The number of halogens is 1. The molecule has 0 bridgehead atoms. The summed E-state index contributed by atoms with van der Waals surface area (Å²) in [6, 6.07) is 4.09. The molecule has 7 heteroatoms. The quantitative estimate of drug-likeness (QED) is 0.876. The lowest BCUT2D eigenvalue weighted by molar-refractivity contribution is -0.141. The van der Waals surface area contributed by atoms with E-state index in [1.54, 1.807) is 0 Å². The first-order valence-corrected chi connectivity index (χ1v) is 5.84. The van der Waals surface area contributed by atoms with Crippen LogP contribution in [-0.2, 0) is 9.59 Å². The summed E-state index contributed by atoms with van der Waals surface area (Å²) in [5, 5.41) is 17.7. The number of carboxylic acid groups (broad SMARTS) is 2. The van der Waals surface area contributed by atoms with Crippen LogP contribution in [0.2, 0.25) is 5.02 Å². The molecule has 0 radical (unpaired) electrons. The van der Waals surface area contributed by atoms with Crippen LogP contribution in [0.4, 0.5) is 5.69 Å². The minimum atomic E-state index is -1.16. The number of hydrogen-bond donors (Lipinski definition) is 2. The summed E-state index contributed by atoms with van der Waals surface area (Å²) >= 11 is 5.81. The van der Waals surface area contributed by atoms with E-state index in [2.05, 4.69) is 0 Å². The average molecular weight is 284 g/mol. The molecule has 0 spiro atoms. The number of hydrogen-bond acceptors (Lipinski definition) is 3. The van der Waals surface area contributed by atoms with Crippen LogP contribution in [0.15, 0.2) is 18.2 Å². The zero-order chi connectivity index (χ0) is 14.2. The van der Waals surface area contributed by atoms with Crippen LogP contribution in [0.25, 0.3) is 0 Å². The van der Waals surface area contributed by atoms with Gasteiger partial charge in [0.25, 0.3) is 0 Å². The van der Waals surface area contributed by atoms with Gasteiger partial charge in [-0.15, -0.1) is 0 Å². The van der Waals surface area contributed by atoms with E-state index in [0.29, 0.717) is 5.69 Å². The van der Waals surface area contributed by atoms with Crippen molar-refractivity contribution in [2.75, 3.05) is 11.4 Å². The number of aliphatic carboxylic acids is 1. The van der Waals surface area contributed by atoms with Gasteiger partial charge in [0.15, 0.2) is 0 Å². The smallest absolute Gasteiger partial charge is 0.337 e. The van der Waals surface area contributed by atoms with Crippen LogP contribution >= 0.6 is 11.6 Å². The molecule has 6 nitrogen and oxygen atoms in total. The Morgan fingerprint density at radius 1 is 1.32 bits per heavy atom. The molecule has 1 fully saturated rings. The summed E-state index contributed by atoms with van der Waals surface area (Å²) in [4.78, 5) is 34.7. The molecule has 100 valence electrons. The van der Waals surface area contributed by atoms with Gasteiger partial charge in [0.05, 0.1) is 16.5 Å². The molecule has 0 aromatic heterocycles. The number of nitrogens with zero attached hydrogens (tertiary/aromatic N) is 1. The lowest BCUT2D eigenvalue weighted by atomic mass is 10.1. The van der Waals surface area contributed by atoms with Crippen LogP contribution in [0.5, 0.6) is 0 Å². The molecule has 0 saturated carbocycles. The van der Waals surface area contributed by atoms with E-state index >= 15 is 0 Å². The number of carboxylic acids is 2. The predicted molar refractivity (Wildman–Crippen MR) is 66.5 cm³/mol. The highest BCUT2D eigenvalue weighted by atomic mass is 35.5. The molecule has 1 aromatic rings. The van der Waals surface area contributed by atoms with Crippen LogP contribution in [0.1, 0.15) is 16.8 Å². The van der Waals surface area contributed by atoms with E-state index in [-0.39, 0.29) is 29.5 Å². The van der Waals surface area contributed by atoms with Crippen molar-refractivity contribution in [1.82, 2.24) is 0 Å². The van der Waals surface area contributed by atoms with E-state index in [1.165, 1.54) is 23.1 Å². The number of aromatic carboxylic acids is 1. The van der Waals surface area contributed by atoms with Gasteiger partial charge < -0.3 is 15.1 Å². The fourth-order valence-electron chi connectivity index (χ4n) is 1.97. The Bertz CT molecular complexity index is 571. The zero-order valence-electron chi connectivity index (χ0n) is 9.67. The second-order valence-corrected chi connectivity index (χ2v) is 4.62. The average Bonchev–Trinajstić information content (AvgIpc) is 2.71. The SMILES string of the molecule is O=C(O)c1ccc(N2C[C@@H](C(=O)O)CC2=O)cc1Cl. The van der Waals surface area contributed by atoms with Crippen molar-refractivity contribution in [3.63, 3.8) is 0 Å². The summed E-state index contributed by atoms with van der Waals surface area (Å²) in [5.74, 6) is -3.24. The van der Waals surface area contributed by atoms with E-state index in [0.717, 1.165) is 0 Å². The van der Waals surface area contributed by atoms with Gasteiger partial charge in [0.1, 0.15) is 0 Å². The molecule has 2 N–H and O–H groups in total. The predicted octanol–water partition coefficient (Wildman–Crippen LogP) is 1.48. The first-order valence-electron chi connectivity index (χ1n) is 5.46. The normalized spacial score (nSPS) is 18.7. The van der Waals surface area contributed by atoms with Crippen molar-refractivity contribution in [3.05, 3.63) is 28.8 Å². The molecule has 1 heterocycles. The van der Waals surface area contributed by atoms with Gasteiger partial charge in [-0.1, -0.05) is 11.6 Å². The van der Waals surface area contributed by atoms with Crippen molar-refractivity contribution in [1.29, 1.82) is 0 Å². The molecule has 1 amide bonds. The molecular weight excluding hydrogens is 274 g/mol. The molecule has 19 heavy (non-hydrogen) atoms. The number of anilines is 1. The van der Waals surface area contributed by atoms with Crippen LogP contribution in [-0.4, -0.2) is 34.6 Å². The van der Waals surface area contributed by atoms with Crippen LogP contribution in [0.3, 0.4) is 0 Å². The summed E-state index contributed by atoms with van der Waals surface area (Å²) in [6.45, 7) is 0.0664. The molecule has 1 atom stereocenters. The van der Waals surface area contributed by atoms with Crippen molar-refractivity contribution in [2.24, 2.45) is 5.92 Å². The first-order chi connectivity index (χ1) is 8.90. The van der Waals surface area contributed by atoms with E-state index in [9.17, 15) is 14.4 Å². The zero-order valence-corrected chi connectivity index (χ0v) is 10.4. The van der Waals surface area contributed by atoms with Gasteiger partial charge in [-0.05, 0) is 18.2 Å². The Kier molecular flexibility index (Phi) is 3.44. The number of rotatable bonds is 3. The number of carbonyl (C=O) groups excluding carboxylic acids is 1. The minimum Gasteiger partial charge on any atom is -0.481 e. The molecule has 1 aromatic carbocycles. The van der Waals surface area contributed by atoms with Gasteiger partial charge in [-0.25, -0.2) is 4.79 Å². The Balaban J connectivity index is 2.28. The molecule has 1 aliphatic heterocycles. The second kappa shape index (κ2) is 4.89. The fourth-order valence-corrected chi connectivity index (χ4v) is 2.22. The second-order valence-electron chi connectivity index (χ2n) is 4.21. The van der Waals surface area contributed by atoms with E-state index in [1.807, 2.05) is 0 Å². The van der Waals surface area contributed by atoms with Gasteiger partial charge >= 0.3 is 11.9 Å². The van der Waals surface area contributed by atoms with E-state index < -0.39 is 17.9 Å². The van der Waals surface area contributed by atoms with Gasteiger partial charge in [-0.2, -0.15) is 0 Å². The first kappa shape index (κ1) is 13.4. The molecule has 2 rings (SSSR count). The lowest BCUT2D eigenvalue weighted by Gasteiger charge is -2.16. The maximum Gasteiger partial charge on any atom is 0.337 e. The lowest BCUT2D eigenvalue weighted by Crippen LogP contribution is -2.25. The highest BCUT2D eigenvalue weighted by Gasteiger charge is 2.35. The van der Waals surface area contributed by atoms with Crippen molar-refractivity contribution in [3.8, 4) is 0 Å². The van der Waals surface area contributed by atoms with Crippen molar-refractivity contribution in [2.45, 2.75) is 6.42 Å². The van der Waals surface area contributed by atoms with Gasteiger partial charge in [-0.3, -0.25) is 9.59 Å². The van der Waals surface area contributed by atoms with Gasteiger partial charge in [0.2, 0.25) is 5.91 Å². The van der Waals surface area contributed by atoms with Crippen LogP contribution < -0.4 is 4.90 Å². The summed E-state index contributed by atoms with van der Waals surface area (Å²) in [5.41, 5.74) is 0.343. The standard InChI is InChI=1S/C12H10ClNO5/c13-9-4-7(1-2-8(9)12(18)19)14-5-6(11(16)17)3-10(14)15/h1-2,4,6H,3,5H2,(H,16,17)(H,18,19)/t6-/m0/s1. The third-order valence-corrected chi connectivity index (χ3v) is 3.28. The molecule has 1 saturated heterocycles. The number of amides is 1. The molecule has 0 unspecified atom stereocenters. The number of carbonyl (C=O) groups is 3. The topological polar surface area (TPSA) is 94.9 Å². The maximum absolute atomic E-state index is 11.7. The largest absolute Gasteiger partial charge is 0.481 e. The maximum atomic E-state index is 11.7. The summed E-state index contributed by atoms with van der Waals surface area (Å²) in [7, 11) is 0. The van der Waals surface area contributed by atoms with Gasteiger partial charge in [0, 0.05) is 18.7 Å². The Hall–Kier alpha value is -2.08. The summed E-state index contributed by atoms with van der Waals surface area (Å²) in [6.07, 6.45) is -0.0619. The van der Waals surface area contributed by atoms with Crippen molar-refractivity contribution < 1.29 is 24.6 Å².